The molecule has 1 rings (SSSR count). The van der Waals surface area contributed by atoms with Gasteiger partial charge >= 0.3 is 5.97 Å². The molecule has 0 spiro atoms. The Morgan fingerprint density at radius 1 is 1.64 bits per heavy atom. The van der Waals surface area contributed by atoms with Gasteiger partial charge in [0.2, 0.25) is 0 Å². The van der Waals surface area contributed by atoms with Gasteiger partial charge in [-0.1, -0.05) is 0 Å². The molecule has 1 aromatic heterocycles. The molecule has 0 aliphatic rings. The summed E-state index contributed by atoms with van der Waals surface area (Å²) in [5, 5.41) is 12.5. The molecule has 1 aromatic rings. The number of hydrogen-bond acceptors (Lipinski definition) is 3. The van der Waals surface area contributed by atoms with E-state index in [2.05, 4.69) is 5.10 Å². The lowest BCUT2D eigenvalue weighted by Crippen LogP contribution is -2.18. The summed E-state index contributed by atoms with van der Waals surface area (Å²) in [7, 11) is 3.92. The first-order chi connectivity index (χ1) is 6.09. The molecule has 0 saturated heterocycles. The lowest BCUT2D eigenvalue weighted by atomic mass is 10.4. The predicted octanol–water partition coefficient (Wildman–Crippen LogP) is 0.565. The van der Waals surface area contributed by atoms with E-state index in [1.54, 1.807) is 4.68 Å². The van der Waals surface area contributed by atoms with Gasteiger partial charge in [-0.25, -0.2) is 4.79 Å². The number of hydrogen-bond donors (Lipinski definition) is 1. The van der Waals surface area contributed by atoms with Gasteiger partial charge in [-0.2, -0.15) is 5.10 Å². The number of nitrogens with zero attached hydrogens (tertiary/aromatic N) is 3. The molecular weight excluding hydrogens is 206 g/mol. The highest BCUT2D eigenvalue weighted by Gasteiger charge is 2.05. The lowest BCUT2D eigenvalue weighted by Gasteiger charge is -2.08. The summed E-state index contributed by atoms with van der Waals surface area (Å²) in [5.41, 5.74) is 0.235. The van der Waals surface area contributed by atoms with Crippen LogP contribution in [0.3, 0.4) is 0 Å². The van der Waals surface area contributed by atoms with Gasteiger partial charge in [-0.3, -0.25) is 4.68 Å². The van der Waals surface area contributed by atoms with Crippen molar-refractivity contribution >= 4 is 18.4 Å². The Kier molecular flexibility index (Phi) is 5.19. The Bertz CT molecular complexity index is 299. The number of carboxylic acid groups (broad SMARTS) is 1. The van der Waals surface area contributed by atoms with Crippen LogP contribution in [0, 0.1) is 0 Å². The van der Waals surface area contributed by atoms with Crippen LogP contribution in [0.5, 0.6) is 0 Å². The normalized spacial score (nSPS) is 9.93. The molecule has 0 aliphatic carbocycles. The monoisotopic (exact) mass is 219 g/mol. The summed E-state index contributed by atoms with van der Waals surface area (Å²) < 4.78 is 1.63. The minimum absolute atomic E-state index is 0. The molecule has 80 valence electrons. The van der Waals surface area contributed by atoms with Crippen molar-refractivity contribution in [3.05, 3.63) is 18.0 Å². The van der Waals surface area contributed by atoms with Crippen LogP contribution in [0.4, 0.5) is 0 Å². The average molecular weight is 220 g/mol. The second-order valence-corrected chi connectivity index (χ2v) is 3.10. The molecule has 0 fully saturated rings. The van der Waals surface area contributed by atoms with Crippen molar-refractivity contribution in [1.82, 2.24) is 14.7 Å². The molecule has 0 bridgehead atoms. The molecule has 1 heterocycles. The minimum atomic E-state index is -0.934. The topological polar surface area (TPSA) is 58.4 Å². The van der Waals surface area contributed by atoms with Crippen molar-refractivity contribution in [1.29, 1.82) is 0 Å². The maximum absolute atomic E-state index is 10.5. The maximum Gasteiger partial charge on any atom is 0.338 e. The van der Waals surface area contributed by atoms with Gasteiger partial charge in [-0.05, 0) is 14.1 Å². The van der Waals surface area contributed by atoms with Gasteiger partial charge in [0.15, 0.2) is 0 Å². The zero-order chi connectivity index (χ0) is 9.84. The number of halogens is 1. The number of rotatable bonds is 4. The molecule has 14 heavy (non-hydrogen) atoms. The predicted molar refractivity (Wildman–Crippen MR) is 55.0 cm³/mol. The van der Waals surface area contributed by atoms with Gasteiger partial charge in [0, 0.05) is 12.7 Å². The minimum Gasteiger partial charge on any atom is -0.478 e. The smallest absolute Gasteiger partial charge is 0.338 e. The van der Waals surface area contributed by atoms with Gasteiger partial charge in [-0.15, -0.1) is 12.4 Å². The zero-order valence-electron chi connectivity index (χ0n) is 8.17. The summed E-state index contributed by atoms with van der Waals surface area (Å²) in [4.78, 5) is 12.5. The maximum atomic E-state index is 10.5. The van der Waals surface area contributed by atoms with Gasteiger partial charge in [0.1, 0.15) is 0 Å². The first-order valence-electron chi connectivity index (χ1n) is 4.00. The van der Waals surface area contributed by atoms with Gasteiger partial charge in [0.25, 0.3) is 0 Å². The highest BCUT2D eigenvalue weighted by atomic mass is 35.5. The molecule has 0 atom stereocenters. The third-order valence-electron chi connectivity index (χ3n) is 1.66. The van der Waals surface area contributed by atoms with Crippen LogP contribution in [0.15, 0.2) is 12.4 Å². The molecule has 0 amide bonds. The largest absolute Gasteiger partial charge is 0.478 e. The molecule has 1 N–H and O–H groups in total. The lowest BCUT2D eigenvalue weighted by molar-refractivity contribution is 0.0697. The summed E-state index contributed by atoms with van der Waals surface area (Å²) in [6, 6.07) is 0. The number of carboxylic acids is 1. The van der Waals surface area contributed by atoms with E-state index >= 15 is 0 Å². The third kappa shape index (κ3) is 3.76. The van der Waals surface area contributed by atoms with Crippen LogP contribution in [0.2, 0.25) is 0 Å². The van der Waals surface area contributed by atoms with Crippen LogP contribution >= 0.6 is 12.4 Å². The Morgan fingerprint density at radius 3 is 2.71 bits per heavy atom. The SMILES string of the molecule is CN(C)CCn1cc(C(=O)O)cn1.Cl. The molecule has 0 aromatic carbocycles. The van der Waals surface area contributed by atoms with E-state index in [1.807, 2.05) is 19.0 Å². The zero-order valence-corrected chi connectivity index (χ0v) is 8.99. The Balaban J connectivity index is 0.00000169. The van der Waals surface area contributed by atoms with Gasteiger partial charge in [0.05, 0.1) is 18.3 Å². The molecule has 0 saturated carbocycles. The summed E-state index contributed by atoms with van der Waals surface area (Å²) in [5.74, 6) is -0.934. The standard InChI is InChI=1S/C8H13N3O2.ClH/c1-10(2)3-4-11-6-7(5-9-11)8(12)13;/h5-6H,3-4H2,1-2H3,(H,12,13);1H. The average Bonchev–Trinajstić information content (AvgIpc) is 2.48. The Hall–Kier alpha value is -1.07. The summed E-state index contributed by atoms with van der Waals surface area (Å²) in [6.45, 7) is 1.56. The molecule has 6 heteroatoms. The third-order valence-corrected chi connectivity index (χ3v) is 1.66. The summed E-state index contributed by atoms with van der Waals surface area (Å²) in [6.07, 6.45) is 2.89. The van der Waals surface area contributed by atoms with E-state index < -0.39 is 5.97 Å². The van der Waals surface area contributed by atoms with E-state index in [1.165, 1.54) is 12.4 Å². The van der Waals surface area contributed by atoms with Crippen LogP contribution in [0.25, 0.3) is 0 Å². The second-order valence-electron chi connectivity index (χ2n) is 3.10. The van der Waals surface area contributed by atoms with Crippen molar-refractivity contribution in [2.24, 2.45) is 0 Å². The molecule has 5 nitrogen and oxygen atoms in total. The van der Waals surface area contributed by atoms with E-state index in [0.717, 1.165) is 6.54 Å². The van der Waals surface area contributed by atoms with Crippen molar-refractivity contribution in [3.63, 3.8) is 0 Å². The van der Waals surface area contributed by atoms with E-state index in [9.17, 15) is 4.79 Å². The quantitative estimate of drug-likeness (QED) is 0.804. The fraction of sp³-hybridized carbons (Fsp3) is 0.500. The number of aromatic carboxylic acids is 1. The van der Waals surface area contributed by atoms with Gasteiger partial charge < -0.3 is 10.0 Å². The molecule has 0 radical (unpaired) electrons. The Labute approximate surface area is 88.7 Å². The van der Waals surface area contributed by atoms with Crippen LogP contribution in [-0.4, -0.2) is 46.4 Å². The molecular formula is C8H14ClN3O2. The van der Waals surface area contributed by atoms with Crippen molar-refractivity contribution < 1.29 is 9.90 Å². The van der Waals surface area contributed by atoms with Crippen molar-refractivity contribution in [2.45, 2.75) is 6.54 Å². The number of aromatic nitrogens is 2. The van der Waals surface area contributed by atoms with E-state index in [0.29, 0.717) is 6.54 Å². The first-order valence-corrected chi connectivity index (χ1v) is 4.00. The van der Waals surface area contributed by atoms with E-state index in [4.69, 9.17) is 5.11 Å². The fourth-order valence-electron chi connectivity index (χ4n) is 0.899. The van der Waals surface area contributed by atoms with Crippen LogP contribution in [-0.2, 0) is 6.54 Å². The number of likely N-dealkylation sites (N-methyl/N-ethyl adjacent to an activating group) is 1. The molecule has 0 unspecified atom stereocenters. The second kappa shape index (κ2) is 5.62. The number of carbonyl (C=O) groups is 1. The highest BCUT2D eigenvalue weighted by Crippen LogP contribution is 1.96. The molecule has 0 aliphatic heterocycles. The van der Waals surface area contributed by atoms with E-state index in [-0.39, 0.29) is 18.0 Å². The first kappa shape index (κ1) is 12.9. The summed E-state index contributed by atoms with van der Waals surface area (Å²) >= 11 is 0. The van der Waals surface area contributed by atoms with Crippen molar-refractivity contribution in [3.8, 4) is 0 Å². The van der Waals surface area contributed by atoms with Crippen LogP contribution in [0.1, 0.15) is 10.4 Å². The highest BCUT2D eigenvalue weighted by molar-refractivity contribution is 5.86. The fourth-order valence-corrected chi connectivity index (χ4v) is 0.899. The van der Waals surface area contributed by atoms with Crippen LogP contribution < -0.4 is 0 Å². The Morgan fingerprint density at radius 2 is 2.29 bits per heavy atom. The van der Waals surface area contributed by atoms with Crippen molar-refractivity contribution in [2.75, 3.05) is 20.6 Å².